The summed E-state index contributed by atoms with van der Waals surface area (Å²) in [5, 5.41) is 0. The number of aliphatic imine (C=N–C) groups is 1. The van der Waals surface area contributed by atoms with E-state index < -0.39 is 17.8 Å². The van der Waals surface area contributed by atoms with E-state index >= 15 is 0 Å². The van der Waals surface area contributed by atoms with Gasteiger partial charge in [0, 0.05) is 35.9 Å². The van der Waals surface area contributed by atoms with Crippen LogP contribution in [0, 0.1) is 5.92 Å². The summed E-state index contributed by atoms with van der Waals surface area (Å²) >= 11 is 0. The third kappa shape index (κ3) is 11.2. The van der Waals surface area contributed by atoms with E-state index in [4.69, 9.17) is 9.47 Å². The van der Waals surface area contributed by atoms with Gasteiger partial charge >= 0.3 is 11.9 Å². The van der Waals surface area contributed by atoms with Crippen molar-refractivity contribution in [2.45, 2.75) is 137 Å². The van der Waals surface area contributed by atoms with Crippen LogP contribution in [0.15, 0.2) is 40.8 Å². The Morgan fingerprint density at radius 3 is 1.75 bits per heavy atom. The molecule has 0 saturated carbocycles. The van der Waals surface area contributed by atoms with Crippen molar-refractivity contribution >= 4 is 17.7 Å². The number of nitrogens with zero attached hydrogens (tertiary/aromatic N) is 2. The fraction of sp³-hybridized carbons (Fsp3) is 0.706. The summed E-state index contributed by atoms with van der Waals surface area (Å²) in [5.41, 5.74) is 2.59. The minimum absolute atomic E-state index is 0.267. The topological polar surface area (TPSA) is 68.8 Å². The molecule has 1 aromatic heterocycles. The predicted octanol–water partition coefficient (Wildman–Crippen LogP) is 8.03. The Bertz CT molecular complexity index is 951. The molecular weight excluding hydrogens is 500 g/mol. The Morgan fingerprint density at radius 2 is 1.25 bits per heavy atom. The van der Waals surface area contributed by atoms with Gasteiger partial charge in [0.2, 0.25) is 0 Å². The summed E-state index contributed by atoms with van der Waals surface area (Å²) in [6.07, 6.45) is 23.1. The molecule has 0 bridgehead atoms. The third-order valence-electron chi connectivity index (χ3n) is 7.91. The Kier molecular flexibility index (Phi) is 16.5. The number of aryl methyl sites for hydroxylation is 1. The zero-order valence-corrected chi connectivity index (χ0v) is 26.0. The molecule has 0 N–H and O–H groups in total. The Hall–Kier alpha value is -2.50. The van der Waals surface area contributed by atoms with Crippen molar-refractivity contribution in [2.75, 3.05) is 13.2 Å². The molecule has 2 atom stereocenters. The molecule has 1 aliphatic rings. The Labute approximate surface area is 243 Å². The second-order valence-electron chi connectivity index (χ2n) is 11.1. The van der Waals surface area contributed by atoms with Gasteiger partial charge in [0.25, 0.3) is 0 Å². The van der Waals surface area contributed by atoms with Crippen LogP contribution in [-0.4, -0.2) is 30.9 Å². The van der Waals surface area contributed by atoms with Gasteiger partial charge in [-0.05, 0) is 39.7 Å². The first-order chi connectivity index (χ1) is 19.4. The smallest absolute Gasteiger partial charge is 0.336 e. The normalized spacial score (nSPS) is 17.1. The van der Waals surface area contributed by atoms with Crippen molar-refractivity contribution in [2.24, 2.45) is 10.9 Å². The fourth-order valence-corrected chi connectivity index (χ4v) is 5.72. The van der Waals surface area contributed by atoms with Gasteiger partial charge in [0.05, 0.1) is 18.8 Å². The van der Waals surface area contributed by atoms with Crippen LogP contribution in [0.25, 0.3) is 0 Å². The molecular formula is C34H55N2O4+. The first-order valence-electron chi connectivity index (χ1n) is 16.0. The van der Waals surface area contributed by atoms with E-state index in [2.05, 4.69) is 28.9 Å². The molecule has 0 saturated heterocycles. The molecule has 2 unspecified atom stereocenters. The molecule has 6 nitrogen and oxygen atoms in total. The van der Waals surface area contributed by atoms with Gasteiger partial charge in [-0.3, -0.25) is 9.79 Å². The first-order valence-corrected chi connectivity index (χ1v) is 16.0. The molecule has 6 heteroatoms. The SMILES string of the molecule is CCCCCCCCCCCCCCCC[n+]1ccc(C2C(C(=O)OCC)=C(C)N=C(C)C2C(=O)OCC)cc1. The van der Waals surface area contributed by atoms with Gasteiger partial charge in [-0.15, -0.1) is 0 Å². The third-order valence-corrected chi connectivity index (χ3v) is 7.91. The maximum atomic E-state index is 13.0. The monoisotopic (exact) mass is 555 g/mol. The molecule has 0 amide bonds. The number of carbonyl (C=O) groups is 2. The number of unbranched alkanes of at least 4 members (excludes halogenated alkanes) is 13. The summed E-state index contributed by atoms with van der Waals surface area (Å²) in [6.45, 7) is 11.0. The summed E-state index contributed by atoms with van der Waals surface area (Å²) in [7, 11) is 0. The van der Waals surface area contributed by atoms with Gasteiger partial charge in [-0.2, -0.15) is 0 Å². The fourth-order valence-electron chi connectivity index (χ4n) is 5.72. The lowest BCUT2D eigenvalue weighted by Gasteiger charge is -2.31. The van der Waals surface area contributed by atoms with Crippen LogP contribution in [-0.2, 0) is 25.6 Å². The second kappa shape index (κ2) is 19.6. The van der Waals surface area contributed by atoms with Gasteiger partial charge < -0.3 is 9.47 Å². The van der Waals surface area contributed by atoms with Crippen LogP contribution in [0.2, 0.25) is 0 Å². The van der Waals surface area contributed by atoms with Crippen molar-refractivity contribution in [3.63, 3.8) is 0 Å². The highest BCUT2D eigenvalue weighted by molar-refractivity contribution is 6.06. The quantitative estimate of drug-likeness (QED) is 0.0928. The highest BCUT2D eigenvalue weighted by Crippen LogP contribution is 2.39. The van der Waals surface area contributed by atoms with E-state index in [0.717, 1.165) is 18.5 Å². The van der Waals surface area contributed by atoms with Crippen molar-refractivity contribution < 1.29 is 23.6 Å². The maximum absolute atomic E-state index is 13.0. The van der Waals surface area contributed by atoms with Crippen LogP contribution in [0.4, 0.5) is 0 Å². The number of hydrogen-bond acceptors (Lipinski definition) is 5. The van der Waals surface area contributed by atoms with Crippen LogP contribution in [0.5, 0.6) is 0 Å². The van der Waals surface area contributed by atoms with E-state index in [1.807, 2.05) is 26.0 Å². The lowest BCUT2D eigenvalue weighted by molar-refractivity contribution is -0.697. The lowest BCUT2D eigenvalue weighted by Crippen LogP contribution is -2.38. The zero-order valence-electron chi connectivity index (χ0n) is 26.0. The molecule has 0 fully saturated rings. The number of pyridine rings is 1. The number of ether oxygens (including phenoxy) is 2. The Balaban J connectivity index is 1.83. The van der Waals surface area contributed by atoms with Crippen LogP contribution in [0.1, 0.15) is 136 Å². The van der Waals surface area contributed by atoms with Crippen LogP contribution >= 0.6 is 0 Å². The summed E-state index contributed by atoms with van der Waals surface area (Å²) < 4.78 is 12.9. The molecule has 224 valence electrons. The van der Waals surface area contributed by atoms with Gasteiger partial charge in [-0.1, -0.05) is 84.0 Å². The number of esters is 2. The molecule has 0 spiro atoms. The molecule has 0 radical (unpaired) electrons. The van der Waals surface area contributed by atoms with Crippen molar-refractivity contribution in [1.82, 2.24) is 0 Å². The minimum atomic E-state index is -0.648. The molecule has 0 aliphatic carbocycles. The average Bonchev–Trinajstić information content (AvgIpc) is 2.93. The standard InChI is InChI=1S/C34H55N2O4/c1-6-9-10-11-12-13-14-15-16-17-18-19-20-21-24-36-25-22-29(23-26-36)32-30(33(37)39-7-2)27(4)35-28(5)31(32)34(38)40-8-3/h22-23,25-26,30,32H,6-21,24H2,1-5H3/q+1. The molecule has 1 aliphatic heterocycles. The van der Waals surface area contributed by atoms with E-state index in [1.165, 1.54) is 83.5 Å². The van der Waals surface area contributed by atoms with Crippen LogP contribution in [0.3, 0.4) is 0 Å². The van der Waals surface area contributed by atoms with Gasteiger partial charge in [0.15, 0.2) is 12.4 Å². The molecule has 1 aromatic rings. The summed E-state index contributed by atoms with van der Waals surface area (Å²) in [5.74, 6) is -1.91. The lowest BCUT2D eigenvalue weighted by atomic mass is 9.76. The number of allylic oxidation sites excluding steroid dienone is 1. The van der Waals surface area contributed by atoms with E-state index in [0.29, 0.717) is 17.0 Å². The first kappa shape index (κ1) is 33.7. The Morgan fingerprint density at radius 1 is 0.750 bits per heavy atom. The number of rotatable bonds is 20. The highest BCUT2D eigenvalue weighted by Gasteiger charge is 2.42. The van der Waals surface area contributed by atoms with E-state index in [-0.39, 0.29) is 19.2 Å². The van der Waals surface area contributed by atoms with Crippen molar-refractivity contribution in [3.8, 4) is 0 Å². The van der Waals surface area contributed by atoms with Gasteiger partial charge in [0.1, 0.15) is 12.5 Å². The van der Waals surface area contributed by atoms with Gasteiger partial charge in [-0.25, -0.2) is 9.36 Å². The number of hydrogen-bond donors (Lipinski definition) is 0. The molecule has 40 heavy (non-hydrogen) atoms. The number of aromatic nitrogens is 1. The summed E-state index contributed by atoms with van der Waals surface area (Å²) in [6, 6.07) is 4.04. The average molecular weight is 556 g/mol. The summed E-state index contributed by atoms with van der Waals surface area (Å²) in [4.78, 5) is 30.4. The number of carbonyl (C=O) groups excluding carboxylic acids is 2. The molecule has 2 heterocycles. The van der Waals surface area contributed by atoms with Crippen molar-refractivity contribution in [3.05, 3.63) is 41.4 Å². The molecule has 2 rings (SSSR count). The van der Waals surface area contributed by atoms with Crippen LogP contribution < -0.4 is 4.57 Å². The van der Waals surface area contributed by atoms with E-state index in [9.17, 15) is 9.59 Å². The zero-order chi connectivity index (χ0) is 29.2. The highest BCUT2D eigenvalue weighted by atomic mass is 16.5. The van der Waals surface area contributed by atoms with Crippen molar-refractivity contribution in [1.29, 1.82) is 0 Å². The second-order valence-corrected chi connectivity index (χ2v) is 11.1. The van der Waals surface area contributed by atoms with E-state index in [1.54, 1.807) is 13.8 Å². The minimum Gasteiger partial charge on any atom is -0.465 e. The predicted molar refractivity (Wildman–Crippen MR) is 162 cm³/mol. The molecule has 0 aromatic carbocycles. The largest absolute Gasteiger partial charge is 0.465 e. The maximum Gasteiger partial charge on any atom is 0.336 e.